The smallest absolute Gasteiger partial charge is 0.219 e. The molecule has 1 aromatic carbocycles. The Morgan fingerprint density at radius 3 is 2.38 bits per heavy atom. The molecule has 0 unspecified atom stereocenters. The number of aryl methyl sites for hydroxylation is 1. The van der Waals surface area contributed by atoms with Gasteiger partial charge < -0.3 is 5.73 Å². The van der Waals surface area contributed by atoms with Crippen molar-refractivity contribution in [1.29, 1.82) is 0 Å². The molecule has 0 fully saturated rings. The van der Waals surface area contributed by atoms with Gasteiger partial charge in [0.25, 0.3) is 0 Å². The Balaban J connectivity index is 2.63. The summed E-state index contributed by atoms with van der Waals surface area (Å²) in [5.41, 5.74) is 5.82. The van der Waals surface area contributed by atoms with Crippen molar-refractivity contribution in [2.24, 2.45) is 0 Å². The van der Waals surface area contributed by atoms with Crippen LogP contribution < -0.4 is 5.73 Å². The van der Waals surface area contributed by atoms with Gasteiger partial charge in [-0.25, -0.2) is 18.7 Å². The summed E-state index contributed by atoms with van der Waals surface area (Å²) < 4.78 is 27.2. The fourth-order valence-corrected chi connectivity index (χ4v) is 1.39. The first-order valence-electron chi connectivity index (χ1n) is 4.62. The van der Waals surface area contributed by atoms with Crippen LogP contribution in [0.5, 0.6) is 0 Å². The quantitative estimate of drug-likeness (QED) is 0.803. The number of rotatable bonds is 1. The maximum absolute atomic E-state index is 13.7. The van der Waals surface area contributed by atoms with Crippen molar-refractivity contribution >= 4 is 5.95 Å². The van der Waals surface area contributed by atoms with Gasteiger partial charge in [-0.1, -0.05) is 6.07 Å². The Morgan fingerprint density at radius 1 is 1.12 bits per heavy atom. The van der Waals surface area contributed by atoms with Gasteiger partial charge in [0, 0.05) is 18.0 Å². The maximum Gasteiger partial charge on any atom is 0.219 e. The summed E-state index contributed by atoms with van der Waals surface area (Å²) in [6, 6.07) is 2.59. The van der Waals surface area contributed by atoms with E-state index < -0.39 is 11.6 Å². The van der Waals surface area contributed by atoms with Gasteiger partial charge >= 0.3 is 0 Å². The average Bonchev–Trinajstić information content (AvgIpc) is 2.27. The van der Waals surface area contributed by atoms with Gasteiger partial charge in [0.1, 0.15) is 11.6 Å². The highest BCUT2D eigenvalue weighted by atomic mass is 19.1. The average molecular weight is 221 g/mol. The van der Waals surface area contributed by atoms with Crippen molar-refractivity contribution in [3.05, 3.63) is 41.7 Å². The van der Waals surface area contributed by atoms with Gasteiger partial charge in [-0.3, -0.25) is 0 Å². The first kappa shape index (κ1) is 10.5. The van der Waals surface area contributed by atoms with E-state index in [9.17, 15) is 8.78 Å². The molecule has 0 spiro atoms. The van der Waals surface area contributed by atoms with Crippen LogP contribution in [0.15, 0.2) is 24.5 Å². The van der Waals surface area contributed by atoms with Crippen LogP contribution in [0, 0.1) is 18.6 Å². The second-order valence-corrected chi connectivity index (χ2v) is 3.38. The summed E-state index contributed by atoms with van der Waals surface area (Å²) in [5, 5.41) is 0. The van der Waals surface area contributed by atoms with E-state index in [2.05, 4.69) is 9.97 Å². The Hall–Kier alpha value is -2.04. The molecular formula is C11H9F2N3. The predicted molar refractivity (Wildman–Crippen MR) is 56.5 cm³/mol. The third-order valence-corrected chi connectivity index (χ3v) is 2.24. The molecule has 0 saturated heterocycles. The summed E-state index contributed by atoms with van der Waals surface area (Å²) >= 11 is 0. The molecule has 0 radical (unpaired) electrons. The number of nitrogens with two attached hydrogens (primary N) is 1. The zero-order valence-corrected chi connectivity index (χ0v) is 8.54. The van der Waals surface area contributed by atoms with Gasteiger partial charge in [0.05, 0.1) is 5.56 Å². The van der Waals surface area contributed by atoms with E-state index in [4.69, 9.17) is 5.73 Å². The number of anilines is 1. The third kappa shape index (κ3) is 1.71. The highest BCUT2D eigenvalue weighted by molar-refractivity contribution is 5.64. The monoisotopic (exact) mass is 221 g/mol. The fraction of sp³-hybridized carbons (Fsp3) is 0.0909. The zero-order chi connectivity index (χ0) is 11.7. The molecule has 0 bridgehead atoms. The van der Waals surface area contributed by atoms with Crippen molar-refractivity contribution in [2.45, 2.75) is 6.92 Å². The molecule has 0 aliphatic carbocycles. The second-order valence-electron chi connectivity index (χ2n) is 3.38. The maximum atomic E-state index is 13.7. The molecule has 2 rings (SSSR count). The number of nitrogen functional groups attached to an aromatic ring is 1. The van der Waals surface area contributed by atoms with Crippen LogP contribution in [0.2, 0.25) is 0 Å². The molecule has 5 heteroatoms. The van der Waals surface area contributed by atoms with Crippen LogP contribution in [0.4, 0.5) is 14.7 Å². The third-order valence-electron chi connectivity index (χ3n) is 2.24. The van der Waals surface area contributed by atoms with Crippen molar-refractivity contribution in [3.8, 4) is 11.1 Å². The van der Waals surface area contributed by atoms with E-state index in [1.807, 2.05) is 0 Å². The topological polar surface area (TPSA) is 51.8 Å². The molecule has 1 aromatic heterocycles. The van der Waals surface area contributed by atoms with Gasteiger partial charge in [0.2, 0.25) is 5.95 Å². The molecule has 0 aliphatic heterocycles. The molecule has 0 saturated carbocycles. The summed E-state index contributed by atoms with van der Waals surface area (Å²) in [7, 11) is 0. The number of benzene rings is 1. The van der Waals surface area contributed by atoms with Gasteiger partial charge in [0.15, 0.2) is 0 Å². The molecule has 2 aromatic rings. The minimum absolute atomic E-state index is 0.0669. The number of nitrogens with zero attached hydrogens (tertiary/aromatic N) is 2. The molecule has 0 amide bonds. The molecule has 3 nitrogen and oxygen atoms in total. The Labute approximate surface area is 91.0 Å². The Kier molecular flexibility index (Phi) is 2.52. The molecule has 2 N–H and O–H groups in total. The minimum atomic E-state index is -0.642. The molecule has 0 atom stereocenters. The van der Waals surface area contributed by atoms with E-state index in [1.165, 1.54) is 24.5 Å². The SMILES string of the molecule is Cc1ccc(F)c(-c2cnc(N)nc2)c1F. The first-order chi connectivity index (χ1) is 7.59. The minimum Gasteiger partial charge on any atom is -0.368 e. The highest BCUT2D eigenvalue weighted by Crippen LogP contribution is 2.26. The molecule has 82 valence electrons. The number of hydrogen-bond donors (Lipinski definition) is 1. The van der Waals surface area contributed by atoms with Crippen LogP contribution >= 0.6 is 0 Å². The first-order valence-corrected chi connectivity index (χ1v) is 4.62. The molecule has 0 aliphatic rings. The van der Waals surface area contributed by atoms with Crippen LogP contribution in [-0.2, 0) is 0 Å². The van der Waals surface area contributed by atoms with E-state index in [-0.39, 0.29) is 17.1 Å². The molecule has 16 heavy (non-hydrogen) atoms. The van der Waals surface area contributed by atoms with Gasteiger partial charge in [-0.05, 0) is 18.6 Å². The van der Waals surface area contributed by atoms with Crippen LogP contribution in [0.3, 0.4) is 0 Å². The number of hydrogen-bond acceptors (Lipinski definition) is 3. The van der Waals surface area contributed by atoms with E-state index >= 15 is 0 Å². The normalized spacial score (nSPS) is 10.4. The Morgan fingerprint density at radius 2 is 1.75 bits per heavy atom. The second kappa shape index (κ2) is 3.84. The highest BCUT2D eigenvalue weighted by Gasteiger charge is 2.13. The van der Waals surface area contributed by atoms with Crippen LogP contribution in [-0.4, -0.2) is 9.97 Å². The van der Waals surface area contributed by atoms with Gasteiger partial charge in [-0.15, -0.1) is 0 Å². The lowest BCUT2D eigenvalue weighted by Gasteiger charge is -2.06. The van der Waals surface area contributed by atoms with Crippen molar-refractivity contribution < 1.29 is 8.78 Å². The standard InChI is InChI=1S/C11H9F2N3/c1-6-2-3-8(12)9(10(6)13)7-4-15-11(14)16-5-7/h2-5H,1H3,(H2,14,15,16). The van der Waals surface area contributed by atoms with Crippen molar-refractivity contribution in [2.75, 3.05) is 5.73 Å². The molecular weight excluding hydrogens is 212 g/mol. The predicted octanol–water partition coefficient (Wildman–Crippen LogP) is 2.31. The summed E-state index contributed by atoms with van der Waals surface area (Å²) in [6.45, 7) is 1.57. The van der Waals surface area contributed by atoms with E-state index in [0.29, 0.717) is 5.56 Å². The number of halogens is 2. The van der Waals surface area contributed by atoms with E-state index in [0.717, 1.165) is 0 Å². The summed E-state index contributed by atoms with van der Waals surface area (Å²) in [6.07, 6.45) is 2.59. The molecule has 1 heterocycles. The lowest BCUT2D eigenvalue weighted by Crippen LogP contribution is -1.97. The van der Waals surface area contributed by atoms with E-state index in [1.54, 1.807) is 6.92 Å². The fourth-order valence-electron chi connectivity index (χ4n) is 1.39. The van der Waals surface area contributed by atoms with Crippen LogP contribution in [0.1, 0.15) is 5.56 Å². The Bertz CT molecular complexity index is 523. The lowest BCUT2D eigenvalue weighted by molar-refractivity contribution is 0.583. The zero-order valence-electron chi connectivity index (χ0n) is 8.54. The van der Waals surface area contributed by atoms with Crippen molar-refractivity contribution in [1.82, 2.24) is 9.97 Å². The number of aromatic nitrogens is 2. The lowest BCUT2D eigenvalue weighted by atomic mass is 10.0. The largest absolute Gasteiger partial charge is 0.368 e. The van der Waals surface area contributed by atoms with Crippen molar-refractivity contribution in [3.63, 3.8) is 0 Å². The summed E-state index contributed by atoms with van der Waals surface area (Å²) in [4.78, 5) is 7.40. The van der Waals surface area contributed by atoms with Crippen LogP contribution in [0.25, 0.3) is 11.1 Å². The van der Waals surface area contributed by atoms with Gasteiger partial charge in [-0.2, -0.15) is 0 Å². The summed E-state index contributed by atoms with van der Waals surface area (Å²) in [5.74, 6) is -1.18.